The van der Waals surface area contributed by atoms with E-state index in [2.05, 4.69) is 0 Å². The lowest BCUT2D eigenvalue weighted by Gasteiger charge is -1.85. The molecule has 0 spiro atoms. The Balaban J connectivity index is -0.000000177. The van der Waals surface area contributed by atoms with Crippen LogP contribution in [0.3, 0.4) is 0 Å². The number of carboxylic acids is 1. The van der Waals surface area contributed by atoms with Crippen LogP contribution in [0.4, 0.5) is 0 Å². The summed E-state index contributed by atoms with van der Waals surface area (Å²) in [4.78, 5) is 52.9. The summed E-state index contributed by atoms with van der Waals surface area (Å²) >= 11 is 0. The minimum Gasteiger partial charge on any atom is -0.481 e. The third-order valence-corrected chi connectivity index (χ3v) is 0.744. The Morgan fingerprint density at radius 3 is 1.24 bits per heavy atom. The molecule has 0 atom stereocenters. The van der Waals surface area contributed by atoms with Gasteiger partial charge in [-0.25, -0.2) is 9.13 Å². The van der Waals surface area contributed by atoms with Crippen LogP contribution in [0, 0.1) is 0 Å². The van der Waals surface area contributed by atoms with E-state index in [1.54, 1.807) is 0 Å². The molecule has 0 rings (SSSR count). The SMILES string of the molecule is CCCCC(=O)O.O=P(O)(O)O.O=P(O)(O)O. The predicted molar refractivity (Wildman–Crippen MR) is 55.7 cm³/mol. The largest absolute Gasteiger partial charge is 0.481 e. The zero-order chi connectivity index (χ0) is 14.7. The highest BCUT2D eigenvalue weighted by atomic mass is 31.2. The topological polar surface area (TPSA) is 193 Å². The van der Waals surface area contributed by atoms with Gasteiger partial charge in [-0.1, -0.05) is 13.3 Å². The van der Waals surface area contributed by atoms with Crippen LogP contribution in [0.5, 0.6) is 0 Å². The number of hydrogen-bond acceptors (Lipinski definition) is 3. The molecule has 12 heteroatoms. The molecule has 0 radical (unpaired) electrons. The monoisotopic (exact) mass is 298 g/mol. The fourth-order valence-electron chi connectivity index (χ4n) is 0.328. The van der Waals surface area contributed by atoms with Gasteiger partial charge >= 0.3 is 21.6 Å². The van der Waals surface area contributed by atoms with Crippen LogP contribution < -0.4 is 0 Å². The summed E-state index contributed by atoms with van der Waals surface area (Å²) in [5.74, 6) is -0.693. The average Bonchev–Trinajstić information content (AvgIpc) is 1.93. The van der Waals surface area contributed by atoms with Crippen molar-refractivity contribution in [2.75, 3.05) is 0 Å². The fourth-order valence-corrected chi connectivity index (χ4v) is 0.328. The molecule has 0 heterocycles. The van der Waals surface area contributed by atoms with Gasteiger partial charge in [0.05, 0.1) is 0 Å². The normalized spacial score (nSPS) is 10.5. The first-order valence-corrected chi connectivity index (χ1v) is 7.18. The van der Waals surface area contributed by atoms with Gasteiger partial charge in [-0.15, -0.1) is 0 Å². The first-order chi connectivity index (χ1) is 7.27. The van der Waals surface area contributed by atoms with Crippen molar-refractivity contribution in [2.24, 2.45) is 0 Å². The van der Waals surface area contributed by atoms with Crippen molar-refractivity contribution in [3.8, 4) is 0 Å². The van der Waals surface area contributed by atoms with E-state index in [0.717, 1.165) is 12.8 Å². The van der Waals surface area contributed by atoms with E-state index < -0.39 is 21.6 Å². The molecule has 0 aliphatic carbocycles. The summed E-state index contributed by atoms with van der Waals surface area (Å²) in [6, 6.07) is 0. The van der Waals surface area contributed by atoms with Crippen LogP contribution in [0.1, 0.15) is 26.2 Å². The van der Waals surface area contributed by atoms with Gasteiger partial charge in [0.15, 0.2) is 0 Å². The maximum atomic E-state index is 9.76. The van der Waals surface area contributed by atoms with E-state index in [4.69, 9.17) is 43.6 Å². The lowest BCUT2D eigenvalue weighted by atomic mass is 10.3. The molecule has 17 heavy (non-hydrogen) atoms. The van der Waals surface area contributed by atoms with Gasteiger partial charge < -0.3 is 34.5 Å². The van der Waals surface area contributed by atoms with Gasteiger partial charge in [0, 0.05) is 6.42 Å². The number of carbonyl (C=O) groups is 1. The summed E-state index contributed by atoms with van der Waals surface area (Å²) in [5, 5.41) is 8.04. The molecule has 0 aliphatic rings. The number of aliphatic carboxylic acids is 1. The van der Waals surface area contributed by atoms with Gasteiger partial charge in [-0.3, -0.25) is 4.79 Å². The van der Waals surface area contributed by atoms with E-state index in [0.29, 0.717) is 6.42 Å². The fraction of sp³-hybridized carbons (Fsp3) is 0.800. The highest BCUT2D eigenvalue weighted by Crippen LogP contribution is 2.26. The molecule has 0 saturated carbocycles. The number of carboxylic acid groups (broad SMARTS) is 1. The van der Waals surface area contributed by atoms with Crippen molar-refractivity contribution < 1.29 is 48.4 Å². The minimum absolute atomic E-state index is 0.316. The van der Waals surface area contributed by atoms with E-state index in [-0.39, 0.29) is 0 Å². The molecule has 0 aromatic rings. The van der Waals surface area contributed by atoms with Crippen molar-refractivity contribution in [2.45, 2.75) is 26.2 Å². The van der Waals surface area contributed by atoms with E-state index in [1.165, 1.54) is 0 Å². The molecule has 0 aliphatic heterocycles. The molecular weight excluding hydrogens is 282 g/mol. The van der Waals surface area contributed by atoms with Gasteiger partial charge in [-0.05, 0) is 6.42 Å². The first-order valence-electron chi connectivity index (χ1n) is 4.05. The molecular formula is C5H16O10P2. The van der Waals surface area contributed by atoms with Crippen LogP contribution in [0.2, 0.25) is 0 Å². The molecule has 10 nitrogen and oxygen atoms in total. The van der Waals surface area contributed by atoms with Gasteiger partial charge in [0.1, 0.15) is 0 Å². The Labute approximate surface area is 97.0 Å². The lowest BCUT2D eigenvalue weighted by molar-refractivity contribution is -0.137. The second-order valence-electron chi connectivity index (χ2n) is 2.52. The van der Waals surface area contributed by atoms with Crippen molar-refractivity contribution >= 4 is 21.6 Å². The molecule has 0 aromatic heterocycles. The minimum atomic E-state index is -4.64. The molecule has 0 saturated heterocycles. The number of hydrogen-bond donors (Lipinski definition) is 7. The van der Waals surface area contributed by atoms with Crippen molar-refractivity contribution in [1.82, 2.24) is 0 Å². The summed E-state index contributed by atoms with van der Waals surface area (Å²) in [6.07, 6.45) is 2.08. The molecule has 0 amide bonds. The highest BCUT2D eigenvalue weighted by molar-refractivity contribution is 7.45. The zero-order valence-electron chi connectivity index (χ0n) is 8.87. The summed E-state index contributed by atoms with van der Waals surface area (Å²) in [7, 11) is -9.28. The van der Waals surface area contributed by atoms with Gasteiger partial charge in [-0.2, -0.15) is 0 Å². The smallest absolute Gasteiger partial charge is 0.466 e. The van der Waals surface area contributed by atoms with Crippen LogP contribution in [0.25, 0.3) is 0 Å². The molecule has 0 unspecified atom stereocenters. The lowest BCUT2D eigenvalue weighted by Crippen LogP contribution is -1.91. The summed E-state index contributed by atoms with van der Waals surface area (Å²) in [5.41, 5.74) is 0. The molecule has 0 aromatic carbocycles. The standard InChI is InChI=1S/C5H10O2.2H3O4P/c1-2-3-4-5(6)7;2*1-5(2,3)4/h2-4H2,1H3,(H,6,7);2*(H3,1,2,3,4). The van der Waals surface area contributed by atoms with Gasteiger partial charge in [0.25, 0.3) is 0 Å². The third-order valence-electron chi connectivity index (χ3n) is 0.744. The zero-order valence-corrected chi connectivity index (χ0v) is 10.7. The molecule has 0 bridgehead atoms. The Morgan fingerprint density at radius 1 is 0.941 bits per heavy atom. The van der Waals surface area contributed by atoms with E-state index >= 15 is 0 Å². The second-order valence-corrected chi connectivity index (χ2v) is 4.58. The Bertz CT molecular complexity index is 240. The Morgan fingerprint density at radius 2 is 1.18 bits per heavy atom. The number of phosphoric acid groups is 2. The predicted octanol–water partition coefficient (Wildman–Crippen LogP) is -0.596. The van der Waals surface area contributed by atoms with Gasteiger partial charge in [0.2, 0.25) is 0 Å². The maximum Gasteiger partial charge on any atom is 0.466 e. The number of unbranched alkanes of at least 4 members (excludes halogenated alkanes) is 1. The Kier molecular flexibility index (Phi) is 14.0. The van der Waals surface area contributed by atoms with E-state index in [9.17, 15) is 4.79 Å². The van der Waals surface area contributed by atoms with Crippen LogP contribution in [-0.4, -0.2) is 40.4 Å². The molecule has 7 N–H and O–H groups in total. The van der Waals surface area contributed by atoms with Crippen LogP contribution in [0.15, 0.2) is 0 Å². The van der Waals surface area contributed by atoms with Crippen LogP contribution in [-0.2, 0) is 13.9 Å². The maximum absolute atomic E-state index is 9.76. The third kappa shape index (κ3) is 216. The molecule has 0 fully saturated rings. The van der Waals surface area contributed by atoms with Crippen molar-refractivity contribution in [3.05, 3.63) is 0 Å². The Hall–Kier alpha value is -0.310. The molecule has 106 valence electrons. The van der Waals surface area contributed by atoms with Crippen LogP contribution >= 0.6 is 15.6 Å². The summed E-state index contributed by atoms with van der Waals surface area (Å²) in [6.45, 7) is 1.98. The second kappa shape index (κ2) is 10.8. The quantitative estimate of drug-likeness (QED) is 0.331. The first kappa shape index (κ1) is 21.9. The van der Waals surface area contributed by atoms with Crippen molar-refractivity contribution in [1.29, 1.82) is 0 Å². The average molecular weight is 298 g/mol. The summed E-state index contributed by atoms with van der Waals surface area (Å²) < 4.78 is 17.8. The highest BCUT2D eigenvalue weighted by Gasteiger charge is 2.00. The van der Waals surface area contributed by atoms with E-state index in [1.807, 2.05) is 6.92 Å². The van der Waals surface area contributed by atoms with Crippen molar-refractivity contribution in [3.63, 3.8) is 0 Å². The number of rotatable bonds is 3.